The standard InChI is InChI=1S/C17H26O5S2/c1-5-15(12(3)16(6-2)17(18)21-4)14-9-7-13(8-10-14)11-24(20,23)22-19/h7-10,12,15-16,19H,5-6,11H2,1-4H3/p-1. The molecule has 0 bridgehead atoms. The van der Waals surface area contributed by atoms with Crippen molar-refractivity contribution in [3.8, 4) is 0 Å². The van der Waals surface area contributed by atoms with E-state index in [1.807, 2.05) is 19.1 Å². The summed E-state index contributed by atoms with van der Waals surface area (Å²) in [7, 11) is -1.83. The Morgan fingerprint density at radius 1 is 1.25 bits per heavy atom. The summed E-state index contributed by atoms with van der Waals surface area (Å²) in [5.74, 6) is -0.0883. The largest absolute Gasteiger partial charge is 0.709 e. The van der Waals surface area contributed by atoms with E-state index >= 15 is 0 Å². The van der Waals surface area contributed by atoms with Gasteiger partial charge in [0.05, 0.1) is 18.8 Å². The number of benzene rings is 1. The summed E-state index contributed by atoms with van der Waals surface area (Å²) < 4.78 is 20.1. The number of carbonyl (C=O) groups excluding carboxylic acids is 1. The average Bonchev–Trinajstić information content (AvgIpc) is 2.57. The number of ether oxygens (including phenoxy) is 1. The van der Waals surface area contributed by atoms with Crippen molar-refractivity contribution in [2.24, 2.45) is 11.8 Å². The van der Waals surface area contributed by atoms with Crippen molar-refractivity contribution >= 4 is 25.9 Å². The van der Waals surface area contributed by atoms with E-state index in [1.165, 1.54) is 7.11 Å². The van der Waals surface area contributed by atoms with Crippen LogP contribution in [0.2, 0.25) is 0 Å². The number of esters is 1. The van der Waals surface area contributed by atoms with Crippen LogP contribution in [0.5, 0.6) is 0 Å². The van der Waals surface area contributed by atoms with Crippen LogP contribution in [0.15, 0.2) is 24.3 Å². The molecule has 1 aromatic carbocycles. The number of hydrogen-bond acceptors (Lipinski definition) is 6. The number of rotatable bonds is 9. The summed E-state index contributed by atoms with van der Waals surface area (Å²) >= 11 is 4.61. The number of hydrogen-bond donors (Lipinski definition) is 0. The van der Waals surface area contributed by atoms with E-state index in [4.69, 9.17) is 4.74 Å². The molecule has 0 aliphatic carbocycles. The summed E-state index contributed by atoms with van der Waals surface area (Å²) in [5.41, 5.74) is 1.78. The molecule has 0 radical (unpaired) electrons. The predicted octanol–water partition coefficient (Wildman–Crippen LogP) is 2.47. The lowest BCUT2D eigenvalue weighted by Gasteiger charge is -2.29. The van der Waals surface area contributed by atoms with Crippen LogP contribution in [-0.4, -0.2) is 17.3 Å². The maximum atomic E-state index is 12.0. The second-order valence-electron chi connectivity index (χ2n) is 5.92. The molecule has 4 atom stereocenters. The SMILES string of the molecule is CCC(C(=O)OC)C(C)C(CC)c1ccc(CS(=O)(=S)O[O-])cc1. The second-order valence-corrected chi connectivity index (χ2v) is 8.99. The molecule has 0 N–H and O–H groups in total. The monoisotopic (exact) mass is 373 g/mol. The zero-order valence-electron chi connectivity index (χ0n) is 14.5. The van der Waals surface area contributed by atoms with Gasteiger partial charge in [0, 0.05) is 11.2 Å². The predicted molar refractivity (Wildman–Crippen MR) is 94.7 cm³/mol. The molecular formula is C17H25O5S2-. The lowest BCUT2D eigenvalue weighted by Crippen LogP contribution is -2.27. The Labute approximate surface area is 149 Å². The van der Waals surface area contributed by atoms with Crippen LogP contribution in [0.4, 0.5) is 0 Å². The third-order valence-corrected chi connectivity index (χ3v) is 5.92. The Balaban J connectivity index is 2.98. The molecule has 7 heteroatoms. The maximum absolute atomic E-state index is 12.0. The summed E-state index contributed by atoms with van der Waals surface area (Å²) in [6.45, 7) is 6.13. The molecule has 24 heavy (non-hydrogen) atoms. The Morgan fingerprint density at radius 3 is 2.25 bits per heavy atom. The molecule has 0 spiro atoms. The molecule has 5 nitrogen and oxygen atoms in total. The molecule has 0 aliphatic rings. The van der Waals surface area contributed by atoms with Crippen molar-refractivity contribution in [3.63, 3.8) is 0 Å². The molecule has 136 valence electrons. The van der Waals surface area contributed by atoms with Crippen molar-refractivity contribution in [1.82, 2.24) is 0 Å². The van der Waals surface area contributed by atoms with Gasteiger partial charge in [-0.15, -0.1) is 0 Å². The van der Waals surface area contributed by atoms with Gasteiger partial charge in [-0.05, 0) is 35.8 Å². The van der Waals surface area contributed by atoms with Gasteiger partial charge in [-0.3, -0.25) is 4.79 Å². The number of methoxy groups -OCH3 is 1. The molecule has 0 aromatic heterocycles. The van der Waals surface area contributed by atoms with E-state index in [1.54, 1.807) is 12.1 Å². The van der Waals surface area contributed by atoms with Gasteiger partial charge in [-0.2, -0.15) is 0 Å². The highest BCUT2D eigenvalue weighted by atomic mass is 32.8. The van der Waals surface area contributed by atoms with E-state index < -0.39 is 8.77 Å². The molecule has 0 amide bonds. The summed E-state index contributed by atoms with van der Waals surface area (Å²) in [5, 5.41) is 10.3. The van der Waals surface area contributed by atoms with Crippen molar-refractivity contribution in [1.29, 1.82) is 0 Å². The quantitative estimate of drug-likeness (QED) is 0.376. The highest BCUT2D eigenvalue weighted by molar-refractivity contribution is 8.29. The van der Waals surface area contributed by atoms with E-state index in [-0.39, 0.29) is 29.5 Å². The Morgan fingerprint density at radius 2 is 1.83 bits per heavy atom. The molecule has 0 saturated heterocycles. The summed E-state index contributed by atoms with van der Waals surface area (Å²) in [6, 6.07) is 7.46. The molecule has 1 rings (SSSR count). The first-order chi connectivity index (χ1) is 11.3. The normalized spacial score (nSPS) is 17.5. The first kappa shape index (κ1) is 21.0. The molecule has 0 heterocycles. The van der Waals surface area contributed by atoms with Crippen molar-refractivity contribution in [2.45, 2.75) is 45.3 Å². The fourth-order valence-electron chi connectivity index (χ4n) is 3.19. The minimum Gasteiger partial charge on any atom is -0.709 e. The smallest absolute Gasteiger partial charge is 0.308 e. The van der Waals surface area contributed by atoms with E-state index in [0.29, 0.717) is 5.56 Å². The lowest BCUT2D eigenvalue weighted by molar-refractivity contribution is -0.633. The van der Waals surface area contributed by atoms with Gasteiger partial charge < -0.3 is 14.3 Å². The first-order valence-corrected chi connectivity index (χ1v) is 10.6. The van der Waals surface area contributed by atoms with Gasteiger partial charge in [0.25, 0.3) is 0 Å². The maximum Gasteiger partial charge on any atom is 0.308 e. The van der Waals surface area contributed by atoms with Crippen LogP contribution < -0.4 is 5.26 Å². The molecule has 0 saturated carbocycles. The van der Waals surface area contributed by atoms with Gasteiger partial charge in [0.15, 0.2) is 0 Å². The van der Waals surface area contributed by atoms with Gasteiger partial charge in [-0.25, -0.2) is 4.21 Å². The second kappa shape index (κ2) is 9.46. The fraction of sp³-hybridized carbons (Fsp3) is 0.588. The molecular weight excluding hydrogens is 348 g/mol. The van der Waals surface area contributed by atoms with Gasteiger partial charge in [0.1, 0.15) is 8.77 Å². The van der Waals surface area contributed by atoms with Gasteiger partial charge >= 0.3 is 5.97 Å². The highest BCUT2D eigenvalue weighted by Crippen LogP contribution is 2.35. The third-order valence-electron chi connectivity index (χ3n) is 4.51. The minimum absolute atomic E-state index is 0.0851. The highest BCUT2D eigenvalue weighted by Gasteiger charge is 2.30. The van der Waals surface area contributed by atoms with Crippen LogP contribution >= 0.6 is 0 Å². The molecule has 0 aliphatic heterocycles. The Bertz CT molecular complexity index is 625. The van der Waals surface area contributed by atoms with Crippen LogP contribution in [-0.2, 0) is 39.6 Å². The zero-order chi connectivity index (χ0) is 18.3. The summed E-state index contributed by atoms with van der Waals surface area (Å²) in [4.78, 5) is 12.0. The van der Waals surface area contributed by atoms with Crippen LogP contribution in [0.25, 0.3) is 0 Å². The Hall–Kier alpha value is -1.02. The lowest BCUT2D eigenvalue weighted by atomic mass is 9.76. The van der Waals surface area contributed by atoms with E-state index in [0.717, 1.165) is 18.4 Å². The molecule has 1 aromatic rings. The first-order valence-electron chi connectivity index (χ1n) is 8.00. The molecule has 0 fully saturated rings. The fourth-order valence-corrected chi connectivity index (χ4v) is 4.24. The van der Waals surface area contributed by atoms with Crippen LogP contribution in [0.3, 0.4) is 0 Å². The van der Waals surface area contributed by atoms with Crippen LogP contribution in [0.1, 0.15) is 50.7 Å². The minimum atomic E-state index is -3.24. The summed E-state index contributed by atoms with van der Waals surface area (Å²) in [6.07, 6.45) is 1.61. The average molecular weight is 374 g/mol. The van der Waals surface area contributed by atoms with E-state index in [9.17, 15) is 14.3 Å². The van der Waals surface area contributed by atoms with Crippen molar-refractivity contribution in [3.05, 3.63) is 35.4 Å². The van der Waals surface area contributed by atoms with Crippen molar-refractivity contribution in [2.75, 3.05) is 7.11 Å². The van der Waals surface area contributed by atoms with E-state index in [2.05, 4.69) is 29.4 Å². The zero-order valence-corrected chi connectivity index (χ0v) is 16.2. The number of carbonyl (C=O) groups is 1. The Kier molecular flexibility index (Phi) is 8.29. The molecule has 4 unspecified atom stereocenters. The third kappa shape index (κ3) is 5.51. The van der Waals surface area contributed by atoms with Crippen LogP contribution in [0, 0.1) is 11.8 Å². The topological polar surface area (TPSA) is 75.7 Å². The van der Waals surface area contributed by atoms with Gasteiger partial charge in [0.2, 0.25) is 0 Å². The van der Waals surface area contributed by atoms with Gasteiger partial charge in [-0.1, -0.05) is 45.0 Å². The van der Waals surface area contributed by atoms with Crippen molar-refractivity contribution < 1.29 is 23.3 Å².